The Morgan fingerprint density at radius 2 is 1.96 bits per heavy atom. The Morgan fingerprint density at radius 1 is 1.22 bits per heavy atom. The summed E-state index contributed by atoms with van der Waals surface area (Å²) in [5.74, 6) is -1.11. The van der Waals surface area contributed by atoms with Crippen LogP contribution in [0.5, 0.6) is 11.5 Å². The van der Waals surface area contributed by atoms with Crippen LogP contribution in [0.4, 0.5) is 8.78 Å². The normalized spacial score (nSPS) is 19.7. The van der Waals surface area contributed by atoms with Crippen LogP contribution in [0.3, 0.4) is 0 Å². The molecule has 1 aliphatic rings. The summed E-state index contributed by atoms with van der Waals surface area (Å²) in [6, 6.07) is 12.0. The number of ether oxygens (including phenoxy) is 1. The fourth-order valence-electron chi connectivity index (χ4n) is 2.42. The molecular weight excluding hydrogens is 300 g/mol. The van der Waals surface area contributed by atoms with E-state index in [2.05, 4.69) is 11.1 Å². The van der Waals surface area contributed by atoms with Gasteiger partial charge in [0.25, 0.3) is 0 Å². The minimum absolute atomic E-state index is 0.0623. The quantitative estimate of drug-likeness (QED) is 0.872. The van der Waals surface area contributed by atoms with Crippen molar-refractivity contribution in [2.24, 2.45) is 4.99 Å². The largest absolute Gasteiger partial charge is 0.454 e. The molecule has 1 atom stereocenters. The third kappa shape index (κ3) is 2.86. The van der Waals surface area contributed by atoms with Crippen molar-refractivity contribution in [3.05, 3.63) is 59.7 Å². The molecule has 0 N–H and O–H groups in total. The third-order valence-corrected chi connectivity index (χ3v) is 3.59. The van der Waals surface area contributed by atoms with Gasteiger partial charge in [-0.15, -0.1) is 0 Å². The van der Waals surface area contributed by atoms with Crippen LogP contribution in [0, 0.1) is 23.0 Å². The summed E-state index contributed by atoms with van der Waals surface area (Å²) in [5, 5.41) is 9.45. The highest BCUT2D eigenvalue weighted by Gasteiger charge is 2.36. The average molecular weight is 313 g/mol. The molecule has 1 heterocycles. The van der Waals surface area contributed by atoms with Crippen LogP contribution < -0.4 is 4.74 Å². The highest BCUT2D eigenvalue weighted by Crippen LogP contribution is 2.32. The van der Waals surface area contributed by atoms with Crippen molar-refractivity contribution in [1.29, 1.82) is 5.26 Å². The summed E-state index contributed by atoms with van der Waals surface area (Å²) in [4.78, 5) is 6.11. The van der Waals surface area contributed by atoms with E-state index in [1.807, 2.05) is 11.9 Å². The van der Waals surface area contributed by atoms with Crippen molar-refractivity contribution >= 4 is 6.34 Å². The summed E-state index contributed by atoms with van der Waals surface area (Å²) in [6.45, 7) is 0.469. The van der Waals surface area contributed by atoms with E-state index in [4.69, 9.17) is 4.74 Å². The Kier molecular flexibility index (Phi) is 3.70. The van der Waals surface area contributed by atoms with Gasteiger partial charge in [-0.1, -0.05) is 12.1 Å². The average Bonchev–Trinajstić information content (AvgIpc) is 2.93. The number of hydrogen-bond acceptors (Lipinski definition) is 4. The first-order valence-electron chi connectivity index (χ1n) is 6.93. The summed E-state index contributed by atoms with van der Waals surface area (Å²) < 4.78 is 31.9. The van der Waals surface area contributed by atoms with Crippen LogP contribution in [0.2, 0.25) is 0 Å². The van der Waals surface area contributed by atoms with E-state index in [0.29, 0.717) is 12.3 Å². The fraction of sp³-hybridized carbons (Fsp3) is 0.176. The van der Waals surface area contributed by atoms with Crippen molar-refractivity contribution in [3.63, 3.8) is 0 Å². The lowest BCUT2D eigenvalue weighted by atomic mass is 9.92. The van der Waals surface area contributed by atoms with Crippen LogP contribution in [0.1, 0.15) is 5.56 Å². The lowest BCUT2D eigenvalue weighted by Gasteiger charge is -2.19. The predicted octanol–water partition coefficient (Wildman–Crippen LogP) is 3.45. The topological polar surface area (TPSA) is 48.6 Å². The second-order valence-corrected chi connectivity index (χ2v) is 5.33. The summed E-state index contributed by atoms with van der Waals surface area (Å²) >= 11 is 0. The molecule has 3 rings (SSSR count). The molecule has 0 fully saturated rings. The Balaban J connectivity index is 1.83. The van der Waals surface area contributed by atoms with E-state index in [9.17, 15) is 14.0 Å². The lowest BCUT2D eigenvalue weighted by molar-refractivity contribution is 0.435. The first kappa shape index (κ1) is 15.0. The van der Waals surface area contributed by atoms with Gasteiger partial charge in [0.1, 0.15) is 11.6 Å². The molecule has 23 heavy (non-hydrogen) atoms. The lowest BCUT2D eigenvalue weighted by Crippen LogP contribution is -2.28. The predicted molar refractivity (Wildman–Crippen MR) is 81.3 cm³/mol. The molecule has 1 aliphatic heterocycles. The van der Waals surface area contributed by atoms with Crippen LogP contribution in [-0.4, -0.2) is 24.8 Å². The highest BCUT2D eigenvalue weighted by molar-refractivity contribution is 5.61. The van der Waals surface area contributed by atoms with Gasteiger partial charge in [-0.2, -0.15) is 5.26 Å². The number of nitriles is 1. The molecule has 116 valence electrons. The molecule has 0 radical (unpaired) electrons. The van der Waals surface area contributed by atoms with E-state index in [0.717, 1.165) is 17.7 Å². The molecule has 0 saturated carbocycles. The molecule has 0 spiro atoms. The van der Waals surface area contributed by atoms with Gasteiger partial charge in [0, 0.05) is 13.1 Å². The zero-order valence-electron chi connectivity index (χ0n) is 12.3. The van der Waals surface area contributed by atoms with Crippen LogP contribution in [-0.2, 0) is 5.54 Å². The van der Waals surface area contributed by atoms with E-state index < -0.39 is 17.2 Å². The van der Waals surface area contributed by atoms with E-state index in [1.165, 1.54) is 6.07 Å². The second kappa shape index (κ2) is 5.69. The second-order valence-electron chi connectivity index (χ2n) is 5.33. The Morgan fingerprint density at radius 3 is 2.52 bits per heavy atom. The maximum Gasteiger partial charge on any atom is 0.190 e. The molecule has 4 nitrogen and oxygen atoms in total. The monoisotopic (exact) mass is 313 g/mol. The van der Waals surface area contributed by atoms with Gasteiger partial charge in [0.2, 0.25) is 0 Å². The zero-order chi connectivity index (χ0) is 16.4. The van der Waals surface area contributed by atoms with Crippen LogP contribution in [0.15, 0.2) is 47.5 Å². The summed E-state index contributed by atoms with van der Waals surface area (Å²) in [5.41, 5.74) is -0.207. The molecule has 6 heteroatoms. The van der Waals surface area contributed by atoms with Gasteiger partial charge >= 0.3 is 0 Å². The number of halogens is 2. The highest BCUT2D eigenvalue weighted by atomic mass is 19.1. The Hall–Kier alpha value is -2.94. The van der Waals surface area contributed by atoms with Gasteiger partial charge < -0.3 is 9.64 Å². The molecule has 2 aromatic carbocycles. The third-order valence-electron chi connectivity index (χ3n) is 3.59. The Bertz CT molecular complexity index is 798. The van der Waals surface area contributed by atoms with Crippen molar-refractivity contribution in [1.82, 2.24) is 4.90 Å². The van der Waals surface area contributed by atoms with Crippen molar-refractivity contribution in [2.45, 2.75) is 5.54 Å². The van der Waals surface area contributed by atoms with Crippen molar-refractivity contribution in [3.8, 4) is 17.6 Å². The Labute approximate surface area is 132 Å². The van der Waals surface area contributed by atoms with Gasteiger partial charge in [-0.05, 0) is 29.8 Å². The number of nitrogens with zero attached hydrogens (tertiary/aromatic N) is 3. The smallest absolute Gasteiger partial charge is 0.190 e. The number of rotatable bonds is 3. The maximum absolute atomic E-state index is 13.6. The first-order chi connectivity index (χ1) is 11.0. The number of likely N-dealkylation sites (N-methyl/N-ethyl adjacent to an activating group) is 1. The molecule has 1 unspecified atom stereocenters. The fourth-order valence-corrected chi connectivity index (χ4v) is 2.42. The standard InChI is InChI=1S/C17H13F2N3O/c1-22-10-17(9-20,21-11-22)12-2-5-14(6-3-12)23-16-7-4-13(18)8-15(16)19/h2-8,11H,10H2,1H3. The van der Waals surface area contributed by atoms with Crippen molar-refractivity contribution in [2.75, 3.05) is 13.6 Å². The zero-order valence-corrected chi connectivity index (χ0v) is 12.3. The van der Waals surface area contributed by atoms with Crippen molar-refractivity contribution < 1.29 is 13.5 Å². The molecule has 0 aromatic heterocycles. The maximum atomic E-state index is 13.6. The van der Waals surface area contributed by atoms with Gasteiger partial charge in [0.15, 0.2) is 17.1 Å². The molecule has 0 aliphatic carbocycles. The van der Waals surface area contributed by atoms with Gasteiger partial charge in [-0.3, -0.25) is 0 Å². The van der Waals surface area contributed by atoms with E-state index in [-0.39, 0.29) is 5.75 Å². The molecular formula is C17H13F2N3O. The number of hydrogen-bond donors (Lipinski definition) is 0. The molecule has 0 bridgehead atoms. The molecule has 2 aromatic rings. The number of aliphatic imine (C=N–C) groups is 1. The summed E-state index contributed by atoms with van der Waals surface area (Å²) in [7, 11) is 1.84. The van der Waals surface area contributed by atoms with Gasteiger partial charge in [0.05, 0.1) is 19.0 Å². The van der Waals surface area contributed by atoms with E-state index >= 15 is 0 Å². The van der Waals surface area contributed by atoms with Gasteiger partial charge in [-0.25, -0.2) is 13.8 Å². The first-order valence-corrected chi connectivity index (χ1v) is 6.93. The molecule has 0 saturated heterocycles. The minimum atomic E-state index is -0.936. The number of benzene rings is 2. The van der Waals surface area contributed by atoms with Crippen LogP contribution in [0.25, 0.3) is 0 Å². The van der Waals surface area contributed by atoms with E-state index in [1.54, 1.807) is 30.6 Å². The summed E-state index contributed by atoms with van der Waals surface area (Å²) in [6.07, 6.45) is 1.63. The SMILES string of the molecule is CN1C=NC(C#N)(c2ccc(Oc3ccc(F)cc3F)cc2)C1. The minimum Gasteiger partial charge on any atom is -0.454 e. The van der Waals surface area contributed by atoms with Crippen LogP contribution >= 0.6 is 0 Å². The molecule has 0 amide bonds.